The Morgan fingerprint density at radius 3 is 2.33 bits per heavy atom. The molecule has 1 N–H and O–H groups in total. The third kappa shape index (κ3) is 2.09. The van der Waals surface area contributed by atoms with Crippen LogP contribution in [0, 0.1) is 16.7 Å². The first kappa shape index (κ1) is 14.1. The summed E-state index contributed by atoms with van der Waals surface area (Å²) in [7, 11) is 2.00. The predicted molar refractivity (Wildman–Crippen MR) is 86.5 cm³/mol. The Labute approximate surface area is 131 Å². The molecule has 4 fully saturated rings. The number of rotatable bonds is 3. The SMILES string of the molecule is CNC(C)c1nnc(C23CC4CC(C)(CC(C)(C4)C2)C3)s1. The molecule has 0 aromatic carbocycles. The van der Waals surface area contributed by atoms with Crippen LogP contribution in [0.4, 0.5) is 0 Å². The maximum absolute atomic E-state index is 4.67. The van der Waals surface area contributed by atoms with Crippen molar-refractivity contribution in [2.75, 3.05) is 7.05 Å². The minimum Gasteiger partial charge on any atom is -0.311 e. The molecule has 4 saturated carbocycles. The van der Waals surface area contributed by atoms with E-state index in [0.29, 0.717) is 22.3 Å². The molecule has 0 radical (unpaired) electrons. The van der Waals surface area contributed by atoms with Gasteiger partial charge in [-0.25, -0.2) is 0 Å². The van der Waals surface area contributed by atoms with Crippen LogP contribution < -0.4 is 5.32 Å². The van der Waals surface area contributed by atoms with Gasteiger partial charge in [0.1, 0.15) is 10.0 Å². The van der Waals surface area contributed by atoms with Crippen molar-refractivity contribution in [2.24, 2.45) is 16.7 Å². The number of hydrogen-bond acceptors (Lipinski definition) is 4. The van der Waals surface area contributed by atoms with Crippen LogP contribution >= 0.6 is 11.3 Å². The quantitative estimate of drug-likeness (QED) is 0.915. The highest BCUT2D eigenvalue weighted by Gasteiger charge is 2.61. The molecule has 0 aliphatic heterocycles. The van der Waals surface area contributed by atoms with Crippen LogP contribution in [0.15, 0.2) is 0 Å². The van der Waals surface area contributed by atoms with E-state index >= 15 is 0 Å². The molecule has 0 spiro atoms. The zero-order valence-corrected chi connectivity index (χ0v) is 14.5. The van der Waals surface area contributed by atoms with Crippen LogP contribution in [0.5, 0.6) is 0 Å². The second-order valence-corrected chi connectivity index (χ2v) is 9.88. The van der Waals surface area contributed by atoms with Gasteiger partial charge < -0.3 is 5.32 Å². The van der Waals surface area contributed by atoms with Gasteiger partial charge in [0.15, 0.2) is 0 Å². The molecule has 0 saturated heterocycles. The van der Waals surface area contributed by atoms with Crippen molar-refractivity contribution in [1.29, 1.82) is 0 Å². The van der Waals surface area contributed by atoms with Crippen molar-refractivity contribution in [3.8, 4) is 0 Å². The number of nitrogens with one attached hydrogen (secondary N) is 1. The first-order valence-electron chi connectivity index (χ1n) is 8.37. The molecule has 3 atom stereocenters. The summed E-state index contributed by atoms with van der Waals surface area (Å²) in [4.78, 5) is 0. The minimum absolute atomic E-state index is 0.316. The molecule has 4 aliphatic rings. The van der Waals surface area contributed by atoms with Crippen molar-refractivity contribution in [3.05, 3.63) is 10.0 Å². The lowest BCUT2D eigenvalue weighted by atomic mass is 9.40. The van der Waals surface area contributed by atoms with Gasteiger partial charge in [0, 0.05) is 5.41 Å². The normalized spacial score (nSPS) is 46.0. The molecule has 1 heterocycles. The fourth-order valence-corrected chi connectivity index (χ4v) is 7.53. The van der Waals surface area contributed by atoms with Gasteiger partial charge in [-0.1, -0.05) is 25.2 Å². The van der Waals surface area contributed by atoms with E-state index in [1.165, 1.54) is 43.5 Å². The Hall–Kier alpha value is -0.480. The van der Waals surface area contributed by atoms with Gasteiger partial charge in [-0.05, 0) is 69.2 Å². The largest absolute Gasteiger partial charge is 0.311 e. The van der Waals surface area contributed by atoms with E-state index in [1.807, 2.05) is 18.4 Å². The smallest absolute Gasteiger partial charge is 0.134 e. The number of hydrogen-bond donors (Lipinski definition) is 1. The lowest BCUT2D eigenvalue weighted by Crippen LogP contribution is -2.56. The molecule has 116 valence electrons. The molecule has 21 heavy (non-hydrogen) atoms. The second kappa shape index (κ2) is 4.29. The van der Waals surface area contributed by atoms with E-state index in [-0.39, 0.29) is 0 Å². The van der Waals surface area contributed by atoms with Gasteiger partial charge in [0.25, 0.3) is 0 Å². The summed E-state index contributed by atoms with van der Waals surface area (Å²) in [6, 6.07) is 0.316. The average Bonchev–Trinajstić information content (AvgIpc) is 2.83. The first-order chi connectivity index (χ1) is 9.85. The summed E-state index contributed by atoms with van der Waals surface area (Å²) >= 11 is 1.87. The second-order valence-electron chi connectivity index (χ2n) is 8.87. The molecule has 3 unspecified atom stereocenters. The Morgan fingerprint density at radius 2 is 1.76 bits per heavy atom. The van der Waals surface area contributed by atoms with Gasteiger partial charge in [-0.2, -0.15) is 0 Å². The van der Waals surface area contributed by atoms with Crippen molar-refractivity contribution < 1.29 is 0 Å². The lowest BCUT2D eigenvalue weighted by Gasteiger charge is -2.64. The molecule has 3 nitrogen and oxygen atoms in total. The average molecular weight is 305 g/mol. The maximum atomic E-state index is 4.67. The third-order valence-corrected chi connectivity index (χ3v) is 7.68. The van der Waals surface area contributed by atoms with Crippen molar-refractivity contribution in [1.82, 2.24) is 15.5 Å². The van der Waals surface area contributed by atoms with Crippen LogP contribution in [0.2, 0.25) is 0 Å². The van der Waals surface area contributed by atoms with Crippen LogP contribution in [0.3, 0.4) is 0 Å². The van der Waals surface area contributed by atoms with E-state index in [4.69, 9.17) is 0 Å². The van der Waals surface area contributed by atoms with Crippen LogP contribution in [-0.2, 0) is 5.41 Å². The van der Waals surface area contributed by atoms with Crippen LogP contribution in [-0.4, -0.2) is 17.2 Å². The van der Waals surface area contributed by atoms with E-state index < -0.39 is 0 Å². The standard InChI is InChI=1S/C17H27N3S/c1-11(18-4)13-19-20-14(21-13)17-7-12-5-15(2,9-17)8-16(3,6-12)10-17/h11-12,18H,5-10H2,1-4H3. The van der Waals surface area contributed by atoms with E-state index in [0.717, 1.165) is 10.9 Å². The van der Waals surface area contributed by atoms with E-state index in [9.17, 15) is 0 Å². The molecular weight excluding hydrogens is 278 g/mol. The molecule has 1 aromatic rings. The summed E-state index contributed by atoms with van der Waals surface area (Å²) in [6.07, 6.45) is 8.37. The maximum Gasteiger partial charge on any atom is 0.134 e. The highest BCUT2D eigenvalue weighted by Crippen LogP contribution is 2.70. The van der Waals surface area contributed by atoms with Crippen molar-refractivity contribution in [3.63, 3.8) is 0 Å². The highest BCUT2D eigenvalue weighted by atomic mass is 32.1. The Bertz CT molecular complexity index is 548. The van der Waals surface area contributed by atoms with Gasteiger partial charge in [-0.15, -0.1) is 10.2 Å². The summed E-state index contributed by atoms with van der Waals surface area (Å²) in [6.45, 7) is 7.23. The van der Waals surface area contributed by atoms with E-state index in [2.05, 4.69) is 36.3 Å². The Kier molecular flexibility index (Phi) is 2.89. The molecular formula is C17H27N3S. The Morgan fingerprint density at radius 1 is 1.10 bits per heavy atom. The van der Waals surface area contributed by atoms with Crippen molar-refractivity contribution >= 4 is 11.3 Å². The number of nitrogens with zero attached hydrogens (tertiary/aromatic N) is 2. The Balaban J connectivity index is 1.72. The summed E-state index contributed by atoms with van der Waals surface area (Å²) in [5.74, 6) is 0.922. The molecule has 0 amide bonds. The van der Waals surface area contributed by atoms with Crippen molar-refractivity contribution in [2.45, 2.75) is 70.8 Å². The van der Waals surface area contributed by atoms with Gasteiger partial charge in [0.05, 0.1) is 6.04 Å². The molecule has 1 aromatic heterocycles. The topological polar surface area (TPSA) is 37.8 Å². The van der Waals surface area contributed by atoms with E-state index in [1.54, 1.807) is 0 Å². The zero-order chi connectivity index (χ0) is 14.9. The van der Waals surface area contributed by atoms with Crippen LogP contribution in [0.25, 0.3) is 0 Å². The lowest BCUT2D eigenvalue weighted by molar-refractivity contribution is -0.110. The summed E-state index contributed by atoms with van der Waals surface area (Å²) in [5.41, 5.74) is 1.44. The minimum atomic E-state index is 0.316. The van der Waals surface area contributed by atoms with Gasteiger partial charge in [-0.3, -0.25) is 0 Å². The third-order valence-electron chi connectivity index (χ3n) is 6.32. The summed E-state index contributed by atoms with van der Waals surface area (Å²) in [5, 5.41) is 14.9. The zero-order valence-electron chi connectivity index (χ0n) is 13.7. The summed E-state index contributed by atoms with van der Waals surface area (Å²) < 4.78 is 0. The first-order valence-corrected chi connectivity index (χ1v) is 9.18. The molecule has 5 rings (SSSR count). The highest BCUT2D eigenvalue weighted by molar-refractivity contribution is 7.11. The molecule has 4 aliphatic carbocycles. The fraction of sp³-hybridized carbons (Fsp3) is 0.882. The van der Waals surface area contributed by atoms with Gasteiger partial charge in [0.2, 0.25) is 0 Å². The predicted octanol–water partition coefficient (Wildman–Crippen LogP) is 4.07. The number of aromatic nitrogens is 2. The van der Waals surface area contributed by atoms with Gasteiger partial charge >= 0.3 is 0 Å². The molecule has 4 bridgehead atoms. The molecule has 4 heteroatoms. The monoisotopic (exact) mass is 305 g/mol. The fourth-order valence-electron chi connectivity index (χ4n) is 6.43. The van der Waals surface area contributed by atoms with Crippen LogP contribution in [0.1, 0.15) is 75.4 Å².